The highest BCUT2D eigenvalue weighted by Gasteiger charge is 2.15. The zero-order valence-electron chi connectivity index (χ0n) is 13.2. The van der Waals surface area contributed by atoms with Crippen LogP contribution in [-0.2, 0) is 13.6 Å². The van der Waals surface area contributed by atoms with E-state index in [2.05, 4.69) is 31.2 Å². The van der Waals surface area contributed by atoms with Crippen LogP contribution in [0.1, 0.15) is 26.3 Å². The van der Waals surface area contributed by atoms with Crippen molar-refractivity contribution >= 4 is 11.8 Å². The third kappa shape index (κ3) is 4.08. The molecule has 0 bridgehead atoms. The van der Waals surface area contributed by atoms with Crippen LogP contribution in [-0.4, -0.2) is 21.6 Å². The minimum absolute atomic E-state index is 0.0288. The van der Waals surface area contributed by atoms with E-state index >= 15 is 0 Å². The van der Waals surface area contributed by atoms with E-state index < -0.39 is 0 Å². The van der Waals surface area contributed by atoms with Gasteiger partial charge in [-0.3, -0.25) is 4.68 Å². The molecule has 21 heavy (non-hydrogen) atoms. The summed E-state index contributed by atoms with van der Waals surface area (Å²) in [5.74, 6) is -0.194. The SMILES string of the molecule is CSc1ccc(-c2nn(C)cc2CNC(C)(C)C)cc1F. The second-order valence-electron chi connectivity index (χ2n) is 6.13. The molecule has 0 amide bonds. The molecule has 0 aliphatic carbocycles. The number of nitrogens with zero attached hydrogens (tertiary/aromatic N) is 2. The van der Waals surface area contributed by atoms with E-state index in [-0.39, 0.29) is 11.4 Å². The zero-order chi connectivity index (χ0) is 15.6. The van der Waals surface area contributed by atoms with Gasteiger partial charge in [-0.2, -0.15) is 5.10 Å². The molecule has 114 valence electrons. The first kappa shape index (κ1) is 16.0. The van der Waals surface area contributed by atoms with Crippen molar-refractivity contribution in [2.45, 2.75) is 37.8 Å². The van der Waals surface area contributed by atoms with Gasteiger partial charge < -0.3 is 5.32 Å². The van der Waals surface area contributed by atoms with Crippen LogP contribution in [0.4, 0.5) is 4.39 Å². The van der Waals surface area contributed by atoms with Crippen LogP contribution in [0.3, 0.4) is 0 Å². The Kier molecular flexibility index (Phi) is 4.74. The van der Waals surface area contributed by atoms with Gasteiger partial charge in [0.05, 0.1) is 5.69 Å². The predicted molar refractivity (Wildman–Crippen MR) is 87.0 cm³/mol. The fourth-order valence-electron chi connectivity index (χ4n) is 2.08. The van der Waals surface area contributed by atoms with Crippen LogP contribution in [0.2, 0.25) is 0 Å². The third-order valence-electron chi connectivity index (χ3n) is 3.14. The Morgan fingerprint density at radius 1 is 1.33 bits per heavy atom. The van der Waals surface area contributed by atoms with Gasteiger partial charge in [0, 0.05) is 41.4 Å². The lowest BCUT2D eigenvalue weighted by Gasteiger charge is -2.20. The molecule has 0 radical (unpaired) electrons. The van der Waals surface area contributed by atoms with Gasteiger partial charge in [0.15, 0.2) is 0 Å². The molecule has 2 rings (SSSR count). The van der Waals surface area contributed by atoms with Gasteiger partial charge >= 0.3 is 0 Å². The smallest absolute Gasteiger partial charge is 0.137 e. The number of aryl methyl sites for hydroxylation is 1. The molecule has 0 saturated carbocycles. The summed E-state index contributed by atoms with van der Waals surface area (Å²) in [5.41, 5.74) is 2.75. The van der Waals surface area contributed by atoms with E-state index in [0.29, 0.717) is 11.4 Å². The van der Waals surface area contributed by atoms with E-state index in [9.17, 15) is 4.39 Å². The molecule has 5 heteroatoms. The number of halogens is 1. The highest BCUT2D eigenvalue weighted by Crippen LogP contribution is 2.27. The molecule has 1 aromatic heterocycles. The highest BCUT2D eigenvalue weighted by atomic mass is 32.2. The Hall–Kier alpha value is -1.33. The molecule has 0 aliphatic heterocycles. The number of nitrogens with one attached hydrogen (secondary N) is 1. The summed E-state index contributed by atoms with van der Waals surface area (Å²) >= 11 is 1.41. The standard InChI is InChI=1S/C16H22FN3S/c1-16(2,3)18-9-12-10-20(4)19-15(12)11-6-7-14(21-5)13(17)8-11/h6-8,10,18H,9H2,1-5H3. The van der Waals surface area contributed by atoms with Crippen LogP contribution in [0.5, 0.6) is 0 Å². The lowest BCUT2D eigenvalue weighted by atomic mass is 10.1. The summed E-state index contributed by atoms with van der Waals surface area (Å²) in [6.07, 6.45) is 3.85. The summed E-state index contributed by atoms with van der Waals surface area (Å²) in [6, 6.07) is 5.30. The Morgan fingerprint density at radius 2 is 2.05 bits per heavy atom. The van der Waals surface area contributed by atoms with Gasteiger partial charge in [0.25, 0.3) is 0 Å². The number of rotatable bonds is 4. The lowest BCUT2D eigenvalue weighted by Crippen LogP contribution is -2.35. The second-order valence-corrected chi connectivity index (χ2v) is 6.98. The van der Waals surface area contributed by atoms with Crippen molar-refractivity contribution < 1.29 is 4.39 Å². The maximum atomic E-state index is 14.0. The van der Waals surface area contributed by atoms with Gasteiger partial charge in [-0.05, 0) is 39.2 Å². The maximum absolute atomic E-state index is 14.0. The zero-order valence-corrected chi connectivity index (χ0v) is 14.0. The fraction of sp³-hybridized carbons (Fsp3) is 0.438. The van der Waals surface area contributed by atoms with Crippen molar-refractivity contribution in [3.8, 4) is 11.3 Å². The lowest BCUT2D eigenvalue weighted by molar-refractivity contribution is 0.424. The molecule has 3 nitrogen and oxygen atoms in total. The summed E-state index contributed by atoms with van der Waals surface area (Å²) in [5, 5.41) is 7.93. The first-order valence-electron chi connectivity index (χ1n) is 6.91. The van der Waals surface area contributed by atoms with Crippen LogP contribution >= 0.6 is 11.8 Å². The summed E-state index contributed by atoms with van der Waals surface area (Å²) in [6.45, 7) is 7.07. The number of aromatic nitrogens is 2. The van der Waals surface area contributed by atoms with Gasteiger partial charge in [-0.15, -0.1) is 11.8 Å². The average Bonchev–Trinajstić information content (AvgIpc) is 2.77. The van der Waals surface area contributed by atoms with Crippen molar-refractivity contribution in [1.82, 2.24) is 15.1 Å². The van der Waals surface area contributed by atoms with Crippen LogP contribution in [0.25, 0.3) is 11.3 Å². The van der Waals surface area contributed by atoms with Crippen LogP contribution in [0, 0.1) is 5.82 Å². The molecule has 1 heterocycles. The summed E-state index contributed by atoms with van der Waals surface area (Å²) in [4.78, 5) is 0.657. The molecule has 0 spiro atoms. The number of benzene rings is 1. The van der Waals surface area contributed by atoms with Crippen molar-refractivity contribution in [3.05, 3.63) is 35.8 Å². The normalized spacial score (nSPS) is 11.9. The topological polar surface area (TPSA) is 29.9 Å². The highest BCUT2D eigenvalue weighted by molar-refractivity contribution is 7.98. The molecular weight excluding hydrogens is 285 g/mol. The minimum Gasteiger partial charge on any atom is -0.308 e. The molecular formula is C16H22FN3S. The van der Waals surface area contributed by atoms with Crippen molar-refractivity contribution in [3.63, 3.8) is 0 Å². The summed E-state index contributed by atoms with van der Waals surface area (Å²) < 4.78 is 15.8. The molecule has 0 unspecified atom stereocenters. The van der Waals surface area contributed by atoms with Gasteiger partial charge in [-0.25, -0.2) is 4.39 Å². The molecule has 0 atom stereocenters. The Labute approximate surface area is 129 Å². The third-order valence-corrected chi connectivity index (χ3v) is 3.91. The van der Waals surface area contributed by atoms with Gasteiger partial charge in [0.1, 0.15) is 5.82 Å². The number of hydrogen-bond acceptors (Lipinski definition) is 3. The monoisotopic (exact) mass is 307 g/mol. The Bertz CT molecular complexity index is 629. The van der Waals surface area contributed by atoms with E-state index in [1.54, 1.807) is 10.7 Å². The molecule has 0 saturated heterocycles. The first-order chi connectivity index (χ1) is 9.80. The maximum Gasteiger partial charge on any atom is 0.137 e. The largest absolute Gasteiger partial charge is 0.308 e. The van der Waals surface area contributed by atoms with E-state index in [4.69, 9.17) is 0 Å². The van der Waals surface area contributed by atoms with Gasteiger partial charge in [0.2, 0.25) is 0 Å². The van der Waals surface area contributed by atoms with Crippen LogP contribution < -0.4 is 5.32 Å². The quantitative estimate of drug-likeness (QED) is 0.871. The average molecular weight is 307 g/mol. The van der Waals surface area contributed by atoms with E-state index in [1.807, 2.05) is 31.6 Å². The van der Waals surface area contributed by atoms with Crippen LogP contribution in [0.15, 0.2) is 29.3 Å². The molecule has 2 aromatic rings. The molecule has 0 aliphatic rings. The molecule has 0 fully saturated rings. The predicted octanol–water partition coefficient (Wildman–Crippen LogP) is 3.84. The number of thioether (sulfide) groups is 1. The first-order valence-corrected chi connectivity index (χ1v) is 8.14. The van der Waals surface area contributed by atoms with Crippen molar-refractivity contribution in [1.29, 1.82) is 0 Å². The minimum atomic E-state index is -0.194. The van der Waals surface area contributed by atoms with E-state index in [0.717, 1.165) is 16.8 Å². The Balaban J connectivity index is 2.33. The van der Waals surface area contributed by atoms with Crippen molar-refractivity contribution in [2.75, 3.05) is 6.26 Å². The molecule has 1 aromatic carbocycles. The Morgan fingerprint density at radius 3 is 2.62 bits per heavy atom. The van der Waals surface area contributed by atoms with Gasteiger partial charge in [-0.1, -0.05) is 6.07 Å². The summed E-state index contributed by atoms with van der Waals surface area (Å²) in [7, 11) is 1.89. The fourth-order valence-corrected chi connectivity index (χ4v) is 2.54. The van der Waals surface area contributed by atoms with Crippen molar-refractivity contribution in [2.24, 2.45) is 7.05 Å². The molecule has 1 N–H and O–H groups in total. The number of hydrogen-bond donors (Lipinski definition) is 1. The second kappa shape index (κ2) is 6.20. The van der Waals surface area contributed by atoms with E-state index in [1.165, 1.54) is 11.8 Å².